The highest BCUT2D eigenvalue weighted by atomic mass is 32.2. The van der Waals surface area contributed by atoms with Gasteiger partial charge in [0.05, 0.1) is 0 Å². The Morgan fingerprint density at radius 3 is 1.74 bits per heavy atom. The predicted molar refractivity (Wildman–Crippen MR) is 167 cm³/mol. The summed E-state index contributed by atoms with van der Waals surface area (Å²) in [4.78, 5) is 14.4. The summed E-state index contributed by atoms with van der Waals surface area (Å²) in [7, 11) is -0.149. The monoisotopic (exact) mass is 594 g/mol. The van der Waals surface area contributed by atoms with Crippen molar-refractivity contribution in [1.82, 2.24) is 19.4 Å². The lowest BCUT2D eigenvalue weighted by molar-refractivity contribution is 0.0945. The normalized spacial score (nSPS) is 12.0. The van der Waals surface area contributed by atoms with E-state index in [1.54, 1.807) is 12.1 Å². The number of sulfonamides is 1. The zero-order valence-corrected chi connectivity index (χ0v) is 25.0. The van der Waals surface area contributed by atoms with Crippen molar-refractivity contribution in [1.29, 1.82) is 0 Å². The van der Waals surface area contributed by atoms with Crippen LogP contribution in [0.25, 0.3) is 21.8 Å². The van der Waals surface area contributed by atoms with E-state index in [9.17, 15) is 17.6 Å². The Kier molecular flexibility index (Phi) is 7.15. The number of fused-ring (bicyclic) bond motifs is 2. The Bertz CT molecular complexity index is 2040. The van der Waals surface area contributed by atoms with E-state index >= 15 is 0 Å². The molecule has 0 bridgehead atoms. The Morgan fingerprint density at radius 1 is 0.721 bits per heavy atom. The lowest BCUT2D eigenvalue weighted by Gasteiger charge is -2.21. The van der Waals surface area contributed by atoms with E-state index in [0.717, 1.165) is 50.9 Å². The van der Waals surface area contributed by atoms with Gasteiger partial charge in [-0.2, -0.15) is 0 Å². The van der Waals surface area contributed by atoms with E-state index in [4.69, 9.17) is 0 Å². The van der Waals surface area contributed by atoms with Gasteiger partial charge in [-0.1, -0.05) is 60.7 Å². The maximum atomic E-state index is 14.1. The second-order valence-corrected chi connectivity index (χ2v) is 12.3. The van der Waals surface area contributed by atoms with Crippen molar-refractivity contribution >= 4 is 37.7 Å². The predicted octanol–water partition coefficient (Wildman–Crippen LogP) is 6.23. The van der Waals surface area contributed by atoms with E-state index in [1.165, 1.54) is 23.3 Å². The van der Waals surface area contributed by atoms with Gasteiger partial charge in [0.25, 0.3) is 15.9 Å². The number of carbonyl (C=O) groups is 1. The minimum Gasteiger partial charge on any atom is -0.348 e. The molecule has 0 aliphatic heterocycles. The highest BCUT2D eigenvalue weighted by Gasteiger charge is 2.29. The largest absolute Gasteiger partial charge is 0.348 e. The number of halogens is 1. The van der Waals surface area contributed by atoms with Crippen molar-refractivity contribution in [3.05, 3.63) is 137 Å². The third-order valence-electron chi connectivity index (χ3n) is 8.41. The molecule has 0 saturated carbocycles. The Balaban J connectivity index is 1.41. The minimum absolute atomic E-state index is 0.145. The van der Waals surface area contributed by atoms with Crippen LogP contribution in [0.15, 0.2) is 102 Å². The van der Waals surface area contributed by atoms with Crippen molar-refractivity contribution in [2.75, 3.05) is 0 Å². The molecule has 0 aliphatic rings. The SMILES string of the molecule is Cc1c(C(c2ccc(C(=O)NNS(=O)(=O)c3ccccc3F)cc2)c2c(C)n(C)c3ccccc23)c2ccccc2n1C. The van der Waals surface area contributed by atoms with Crippen molar-refractivity contribution < 1.29 is 17.6 Å². The summed E-state index contributed by atoms with van der Waals surface area (Å²) in [5.41, 5.74) is 10.4. The average molecular weight is 595 g/mol. The van der Waals surface area contributed by atoms with Crippen LogP contribution in [0, 0.1) is 19.7 Å². The number of rotatable bonds is 7. The van der Waals surface area contributed by atoms with E-state index in [1.807, 2.05) is 41.2 Å². The van der Waals surface area contributed by atoms with Crippen LogP contribution in [0.1, 0.15) is 44.4 Å². The van der Waals surface area contributed by atoms with Gasteiger partial charge in [-0.25, -0.2) is 12.8 Å². The standard InChI is InChI=1S/C34H31FN4O3S/c1-21-31(25-11-5-8-14-28(25)38(21)3)33(32-22(2)39(4)29-15-9-6-12-26(29)32)23-17-19-24(20-18-23)34(40)36-37-43(41,42)30-16-10-7-13-27(30)35/h5-20,33,37H,1-4H3,(H,36,40). The number of hydrazine groups is 1. The molecule has 2 aromatic heterocycles. The molecule has 4 aromatic carbocycles. The molecule has 0 spiro atoms. The quantitative estimate of drug-likeness (QED) is 0.215. The van der Waals surface area contributed by atoms with Gasteiger partial charge in [0.15, 0.2) is 0 Å². The van der Waals surface area contributed by atoms with Crippen LogP contribution in [0.5, 0.6) is 0 Å². The van der Waals surface area contributed by atoms with Crippen LogP contribution < -0.4 is 10.3 Å². The van der Waals surface area contributed by atoms with Gasteiger partial charge in [0.2, 0.25) is 0 Å². The van der Waals surface area contributed by atoms with E-state index in [0.29, 0.717) is 0 Å². The maximum absolute atomic E-state index is 14.1. The Morgan fingerprint density at radius 2 is 1.21 bits per heavy atom. The van der Waals surface area contributed by atoms with E-state index in [-0.39, 0.29) is 11.5 Å². The van der Waals surface area contributed by atoms with Gasteiger partial charge in [-0.05, 0) is 66.9 Å². The molecular formula is C34H31FN4O3S. The Labute approximate surface area is 249 Å². The summed E-state index contributed by atoms with van der Waals surface area (Å²) in [6.45, 7) is 4.26. The second kappa shape index (κ2) is 10.8. The zero-order valence-electron chi connectivity index (χ0n) is 24.2. The van der Waals surface area contributed by atoms with Gasteiger partial charge in [-0.3, -0.25) is 10.2 Å². The average Bonchev–Trinajstić information content (AvgIpc) is 3.42. The molecule has 218 valence electrons. The zero-order chi connectivity index (χ0) is 30.5. The summed E-state index contributed by atoms with van der Waals surface area (Å²) in [5.74, 6) is -1.72. The molecule has 6 aromatic rings. The molecule has 0 unspecified atom stereocenters. The number of amides is 1. The van der Waals surface area contributed by atoms with Crippen LogP contribution in [0.3, 0.4) is 0 Å². The first-order valence-electron chi connectivity index (χ1n) is 13.8. The van der Waals surface area contributed by atoms with Crippen LogP contribution in [-0.2, 0) is 24.1 Å². The molecule has 0 aliphatic carbocycles. The lowest BCUT2D eigenvalue weighted by Crippen LogP contribution is -2.41. The van der Waals surface area contributed by atoms with Crippen molar-refractivity contribution in [2.24, 2.45) is 14.1 Å². The molecule has 0 radical (unpaired) electrons. The maximum Gasteiger partial charge on any atom is 0.266 e. The third-order valence-corrected chi connectivity index (χ3v) is 9.69. The fourth-order valence-electron chi connectivity index (χ4n) is 6.04. The first-order chi connectivity index (χ1) is 20.6. The molecule has 7 nitrogen and oxygen atoms in total. The number of hydrogen-bond donors (Lipinski definition) is 2. The smallest absolute Gasteiger partial charge is 0.266 e. The molecule has 0 saturated heterocycles. The number of hydrogen-bond acceptors (Lipinski definition) is 3. The molecule has 0 fully saturated rings. The highest BCUT2D eigenvalue weighted by molar-refractivity contribution is 7.89. The number of nitrogens with zero attached hydrogens (tertiary/aromatic N) is 2. The number of benzene rings is 4. The van der Waals surface area contributed by atoms with Crippen molar-refractivity contribution in [3.8, 4) is 0 Å². The summed E-state index contributed by atoms with van der Waals surface area (Å²) in [5, 5.41) is 2.31. The second-order valence-electron chi connectivity index (χ2n) is 10.7. The molecular weight excluding hydrogens is 563 g/mol. The van der Waals surface area contributed by atoms with Gasteiger partial charge in [0, 0.05) is 58.8 Å². The van der Waals surface area contributed by atoms with Crippen molar-refractivity contribution in [2.45, 2.75) is 24.7 Å². The van der Waals surface area contributed by atoms with Gasteiger partial charge in [0.1, 0.15) is 10.7 Å². The van der Waals surface area contributed by atoms with Gasteiger partial charge >= 0.3 is 0 Å². The van der Waals surface area contributed by atoms with Crippen LogP contribution >= 0.6 is 0 Å². The molecule has 2 heterocycles. The summed E-state index contributed by atoms with van der Waals surface area (Å²) >= 11 is 0. The summed E-state index contributed by atoms with van der Waals surface area (Å²) < 4.78 is 43.6. The van der Waals surface area contributed by atoms with E-state index < -0.39 is 26.6 Å². The summed E-state index contributed by atoms with van der Waals surface area (Å²) in [6, 6.07) is 28.9. The first kappa shape index (κ1) is 28.4. The first-order valence-corrected chi connectivity index (χ1v) is 15.3. The van der Waals surface area contributed by atoms with Crippen molar-refractivity contribution in [3.63, 3.8) is 0 Å². The number of para-hydroxylation sites is 2. The molecule has 1 amide bonds. The minimum atomic E-state index is -4.30. The van der Waals surface area contributed by atoms with E-state index in [2.05, 4.69) is 66.8 Å². The molecule has 2 N–H and O–H groups in total. The fourth-order valence-corrected chi connectivity index (χ4v) is 6.96. The highest BCUT2D eigenvalue weighted by Crippen LogP contribution is 2.44. The molecule has 43 heavy (non-hydrogen) atoms. The molecule has 9 heteroatoms. The van der Waals surface area contributed by atoms with Crippen LogP contribution in [0.2, 0.25) is 0 Å². The fraction of sp³-hybridized carbons (Fsp3) is 0.147. The summed E-state index contributed by atoms with van der Waals surface area (Å²) in [6.07, 6.45) is 0. The molecule has 6 rings (SSSR count). The van der Waals surface area contributed by atoms with Crippen LogP contribution in [0.4, 0.5) is 4.39 Å². The third kappa shape index (κ3) is 4.80. The number of nitrogens with one attached hydrogen (secondary N) is 2. The lowest BCUT2D eigenvalue weighted by atomic mass is 9.82. The van der Waals surface area contributed by atoms with Crippen LogP contribution in [-0.4, -0.2) is 23.5 Å². The number of aromatic nitrogens is 2. The number of carbonyl (C=O) groups excluding carboxylic acids is 1. The topological polar surface area (TPSA) is 85.1 Å². The van der Waals surface area contributed by atoms with Gasteiger partial charge < -0.3 is 9.13 Å². The molecule has 0 atom stereocenters. The Hall–Kier alpha value is -4.73. The number of aryl methyl sites for hydroxylation is 2. The van der Waals surface area contributed by atoms with Gasteiger partial charge in [-0.15, -0.1) is 4.83 Å².